The minimum Gasteiger partial charge on any atom is -0.320 e. The summed E-state index contributed by atoms with van der Waals surface area (Å²) in [5.41, 5.74) is 0.118. The van der Waals surface area contributed by atoms with Gasteiger partial charge in [0.05, 0.1) is 38.0 Å². The molecule has 0 heterocycles. The van der Waals surface area contributed by atoms with Crippen molar-refractivity contribution in [1.82, 2.24) is 0 Å². The molecule has 0 saturated carbocycles. The molecular formula is C14H6Cl3FN2O. The van der Waals surface area contributed by atoms with Crippen LogP contribution in [-0.2, 0) is 0 Å². The van der Waals surface area contributed by atoms with Crippen molar-refractivity contribution < 1.29 is 9.18 Å². The molecule has 0 unspecified atom stereocenters. The average Bonchev–Trinajstić information content (AvgIpc) is 2.44. The van der Waals surface area contributed by atoms with E-state index in [2.05, 4.69) is 5.32 Å². The van der Waals surface area contributed by atoms with E-state index in [1.807, 2.05) is 0 Å². The zero-order valence-corrected chi connectivity index (χ0v) is 12.5. The lowest BCUT2D eigenvalue weighted by Gasteiger charge is -2.09. The highest BCUT2D eigenvalue weighted by Crippen LogP contribution is 2.32. The van der Waals surface area contributed by atoms with Crippen LogP contribution in [0.5, 0.6) is 0 Å². The number of nitriles is 1. The fraction of sp³-hybridized carbons (Fsp3) is 0. The molecule has 1 amide bonds. The first-order valence-electron chi connectivity index (χ1n) is 5.58. The van der Waals surface area contributed by atoms with Gasteiger partial charge in [-0.15, -0.1) is 0 Å². The van der Waals surface area contributed by atoms with Gasteiger partial charge in [-0.2, -0.15) is 5.26 Å². The van der Waals surface area contributed by atoms with Crippen molar-refractivity contribution >= 4 is 46.4 Å². The molecule has 2 rings (SSSR count). The summed E-state index contributed by atoms with van der Waals surface area (Å²) in [6.07, 6.45) is 0. The van der Waals surface area contributed by atoms with Crippen molar-refractivity contribution in [2.24, 2.45) is 0 Å². The third-order valence-corrected chi connectivity index (χ3v) is 3.64. The molecule has 0 atom stereocenters. The number of carbonyl (C=O) groups excluding carboxylic acids is 1. The Kier molecular flexibility index (Phi) is 4.69. The molecule has 2 aromatic carbocycles. The Hall–Kier alpha value is -1.80. The summed E-state index contributed by atoms with van der Waals surface area (Å²) < 4.78 is 13.7. The zero-order chi connectivity index (χ0) is 15.6. The topological polar surface area (TPSA) is 52.9 Å². The lowest BCUT2D eigenvalue weighted by atomic mass is 10.1. The summed E-state index contributed by atoms with van der Waals surface area (Å²) in [6, 6.07) is 8.06. The van der Waals surface area contributed by atoms with E-state index in [0.29, 0.717) is 0 Å². The molecule has 0 aromatic heterocycles. The molecule has 1 N–H and O–H groups in total. The van der Waals surface area contributed by atoms with Gasteiger partial charge in [-0.25, -0.2) is 4.39 Å². The lowest BCUT2D eigenvalue weighted by molar-refractivity contribution is 0.102. The monoisotopic (exact) mass is 342 g/mol. The molecular weight excluding hydrogens is 338 g/mol. The summed E-state index contributed by atoms with van der Waals surface area (Å²) >= 11 is 17.5. The highest BCUT2D eigenvalue weighted by atomic mass is 35.5. The summed E-state index contributed by atoms with van der Waals surface area (Å²) in [5, 5.41) is 11.7. The molecule has 21 heavy (non-hydrogen) atoms. The van der Waals surface area contributed by atoms with Crippen molar-refractivity contribution in [3.63, 3.8) is 0 Å². The predicted octanol–water partition coefficient (Wildman–Crippen LogP) is 4.91. The van der Waals surface area contributed by atoms with Crippen molar-refractivity contribution in [3.8, 4) is 6.07 Å². The fourth-order valence-corrected chi connectivity index (χ4v) is 2.17. The third kappa shape index (κ3) is 3.45. The van der Waals surface area contributed by atoms with Crippen molar-refractivity contribution in [1.29, 1.82) is 5.26 Å². The van der Waals surface area contributed by atoms with Crippen molar-refractivity contribution in [2.45, 2.75) is 0 Å². The SMILES string of the molecule is N#Cc1ccc(C(=O)Nc2cc(Cl)c(Cl)cc2Cl)c(F)c1. The van der Waals surface area contributed by atoms with Crippen LogP contribution in [0.2, 0.25) is 15.1 Å². The second kappa shape index (κ2) is 6.31. The van der Waals surface area contributed by atoms with Crippen LogP contribution >= 0.6 is 34.8 Å². The number of benzene rings is 2. The number of amides is 1. The molecule has 0 saturated heterocycles. The highest BCUT2D eigenvalue weighted by Gasteiger charge is 2.15. The van der Waals surface area contributed by atoms with Crippen molar-refractivity contribution in [3.05, 3.63) is 62.3 Å². The predicted molar refractivity (Wildman–Crippen MR) is 80.5 cm³/mol. The van der Waals surface area contributed by atoms with Gasteiger partial charge >= 0.3 is 0 Å². The lowest BCUT2D eigenvalue weighted by Crippen LogP contribution is -2.14. The highest BCUT2D eigenvalue weighted by molar-refractivity contribution is 6.44. The Labute approximate surface area is 134 Å². The molecule has 0 spiro atoms. The molecule has 0 bridgehead atoms. The fourth-order valence-electron chi connectivity index (χ4n) is 1.58. The van der Waals surface area contributed by atoms with Crippen LogP contribution in [0.4, 0.5) is 10.1 Å². The molecule has 7 heteroatoms. The Morgan fingerprint density at radius 3 is 2.38 bits per heavy atom. The van der Waals surface area contributed by atoms with Gasteiger partial charge in [0.2, 0.25) is 0 Å². The van der Waals surface area contributed by atoms with Crippen LogP contribution in [0.3, 0.4) is 0 Å². The van der Waals surface area contributed by atoms with Gasteiger partial charge in [0.25, 0.3) is 5.91 Å². The summed E-state index contributed by atoms with van der Waals surface area (Å²) in [4.78, 5) is 12.0. The smallest absolute Gasteiger partial charge is 0.258 e. The van der Waals surface area contributed by atoms with Crippen molar-refractivity contribution in [2.75, 3.05) is 5.32 Å². The average molecular weight is 344 g/mol. The van der Waals surface area contributed by atoms with Gasteiger partial charge in [-0.05, 0) is 30.3 Å². The van der Waals surface area contributed by atoms with Crippen LogP contribution in [0.15, 0.2) is 30.3 Å². The van der Waals surface area contributed by atoms with E-state index < -0.39 is 11.7 Å². The largest absolute Gasteiger partial charge is 0.320 e. The molecule has 0 radical (unpaired) electrons. The molecule has 0 aliphatic heterocycles. The normalized spacial score (nSPS) is 10.0. The number of carbonyl (C=O) groups is 1. The summed E-state index contributed by atoms with van der Waals surface area (Å²) in [5.74, 6) is -1.51. The maximum atomic E-state index is 13.7. The first-order valence-corrected chi connectivity index (χ1v) is 6.71. The first-order chi connectivity index (χ1) is 9.92. The number of rotatable bonds is 2. The second-order valence-electron chi connectivity index (χ2n) is 4.01. The quantitative estimate of drug-likeness (QED) is 0.788. The zero-order valence-electron chi connectivity index (χ0n) is 10.3. The van der Waals surface area contributed by atoms with E-state index in [9.17, 15) is 9.18 Å². The van der Waals surface area contributed by atoms with Gasteiger partial charge in [-0.1, -0.05) is 34.8 Å². The van der Waals surface area contributed by atoms with E-state index in [-0.39, 0.29) is 31.9 Å². The van der Waals surface area contributed by atoms with Crippen LogP contribution in [0.1, 0.15) is 15.9 Å². The number of anilines is 1. The van der Waals surface area contributed by atoms with Crippen LogP contribution in [0, 0.1) is 17.1 Å². The molecule has 0 aliphatic carbocycles. The van der Waals surface area contributed by atoms with E-state index in [1.165, 1.54) is 24.3 Å². The standard InChI is InChI=1S/C14H6Cl3FN2O/c15-9-4-11(17)13(5-10(9)16)20-14(21)8-2-1-7(6-19)3-12(8)18/h1-5H,(H,20,21). The minimum atomic E-state index is -0.803. The Balaban J connectivity index is 2.31. The van der Waals surface area contributed by atoms with E-state index in [0.717, 1.165) is 6.07 Å². The van der Waals surface area contributed by atoms with Crippen LogP contribution in [0.25, 0.3) is 0 Å². The van der Waals surface area contributed by atoms with E-state index in [4.69, 9.17) is 40.1 Å². The summed E-state index contributed by atoms with van der Waals surface area (Å²) in [6.45, 7) is 0. The number of hydrogen-bond acceptors (Lipinski definition) is 2. The maximum absolute atomic E-state index is 13.7. The molecule has 0 fully saturated rings. The third-order valence-electron chi connectivity index (χ3n) is 2.60. The Bertz CT molecular complexity index is 772. The van der Waals surface area contributed by atoms with E-state index in [1.54, 1.807) is 6.07 Å². The maximum Gasteiger partial charge on any atom is 0.258 e. The minimum absolute atomic E-state index is 0.122. The first kappa shape index (κ1) is 15.6. The molecule has 0 aliphatic rings. The van der Waals surface area contributed by atoms with Gasteiger partial charge < -0.3 is 5.32 Å². The van der Waals surface area contributed by atoms with E-state index >= 15 is 0 Å². The molecule has 106 valence electrons. The summed E-state index contributed by atoms with van der Waals surface area (Å²) in [7, 11) is 0. The number of nitrogens with zero attached hydrogens (tertiary/aromatic N) is 1. The van der Waals surface area contributed by atoms with Gasteiger partial charge in [0, 0.05) is 0 Å². The number of hydrogen-bond donors (Lipinski definition) is 1. The second-order valence-corrected chi connectivity index (χ2v) is 5.23. The van der Waals surface area contributed by atoms with Gasteiger partial charge in [-0.3, -0.25) is 4.79 Å². The van der Waals surface area contributed by atoms with Crippen LogP contribution < -0.4 is 5.32 Å². The molecule has 3 nitrogen and oxygen atoms in total. The van der Waals surface area contributed by atoms with Crippen LogP contribution in [-0.4, -0.2) is 5.91 Å². The Morgan fingerprint density at radius 2 is 1.76 bits per heavy atom. The molecule has 2 aromatic rings. The number of nitrogens with one attached hydrogen (secondary N) is 1. The van der Waals surface area contributed by atoms with Gasteiger partial charge in [0.15, 0.2) is 0 Å². The Morgan fingerprint density at radius 1 is 1.10 bits per heavy atom. The van der Waals surface area contributed by atoms with Gasteiger partial charge in [0.1, 0.15) is 5.82 Å². The number of halogens is 4.